The minimum Gasteiger partial charge on any atom is -0.471 e. The van der Waals surface area contributed by atoms with Crippen LogP contribution in [0.3, 0.4) is 0 Å². The standard InChI is InChI=1S/C16H20O9/c1-2-7-8-3-4-22-14(21)9(8)6-23-15(7)25-16-13(20)12(19)11(18)10(5-17)24-16/h2-3,6-7,10-13,15-20H,1,4-5H2/t7-,10+,11+,12-,13+,15-,16-/m0/s1. The fourth-order valence-electron chi connectivity index (χ4n) is 2.98. The van der Waals surface area contributed by atoms with E-state index in [9.17, 15) is 25.2 Å². The molecule has 0 radical (unpaired) electrons. The Morgan fingerprint density at radius 2 is 2.00 bits per heavy atom. The number of carbonyl (C=O) groups is 1. The van der Waals surface area contributed by atoms with Gasteiger partial charge in [-0.2, -0.15) is 0 Å². The first-order valence-electron chi connectivity index (χ1n) is 7.79. The van der Waals surface area contributed by atoms with Gasteiger partial charge in [0, 0.05) is 0 Å². The molecule has 4 N–H and O–H groups in total. The van der Waals surface area contributed by atoms with Crippen LogP contribution >= 0.6 is 0 Å². The van der Waals surface area contributed by atoms with Crippen molar-refractivity contribution in [2.24, 2.45) is 5.92 Å². The van der Waals surface area contributed by atoms with E-state index in [1.807, 2.05) is 0 Å². The molecule has 0 amide bonds. The molecule has 1 saturated heterocycles. The molecule has 7 atom stereocenters. The van der Waals surface area contributed by atoms with Gasteiger partial charge in [-0.1, -0.05) is 6.08 Å². The molecule has 3 rings (SSSR count). The molecule has 138 valence electrons. The molecule has 0 unspecified atom stereocenters. The average Bonchev–Trinajstić information content (AvgIpc) is 2.62. The highest BCUT2D eigenvalue weighted by atomic mass is 16.8. The van der Waals surface area contributed by atoms with Crippen molar-refractivity contribution in [3.63, 3.8) is 0 Å². The third-order valence-electron chi connectivity index (χ3n) is 4.39. The van der Waals surface area contributed by atoms with E-state index in [0.29, 0.717) is 5.57 Å². The van der Waals surface area contributed by atoms with Crippen molar-refractivity contribution in [2.75, 3.05) is 13.2 Å². The molecule has 0 aromatic carbocycles. The van der Waals surface area contributed by atoms with E-state index in [1.54, 1.807) is 6.08 Å². The molecule has 0 saturated carbocycles. The predicted octanol–water partition coefficient (Wildman–Crippen LogP) is -1.67. The molecule has 0 aromatic rings. The number of cyclic esters (lactones) is 1. The Morgan fingerprint density at radius 1 is 1.24 bits per heavy atom. The number of aliphatic hydroxyl groups excluding tert-OH is 4. The van der Waals surface area contributed by atoms with Gasteiger partial charge < -0.3 is 39.4 Å². The molecule has 0 spiro atoms. The summed E-state index contributed by atoms with van der Waals surface area (Å²) < 4.78 is 21.2. The fourth-order valence-corrected chi connectivity index (χ4v) is 2.98. The third-order valence-corrected chi connectivity index (χ3v) is 4.39. The van der Waals surface area contributed by atoms with E-state index >= 15 is 0 Å². The van der Waals surface area contributed by atoms with Crippen LogP contribution in [0.4, 0.5) is 0 Å². The van der Waals surface area contributed by atoms with Gasteiger partial charge in [0.2, 0.25) is 6.29 Å². The molecular formula is C16H20O9. The van der Waals surface area contributed by atoms with Gasteiger partial charge in [0.1, 0.15) is 37.3 Å². The third kappa shape index (κ3) is 3.22. The quantitative estimate of drug-likeness (QED) is 0.344. The molecule has 0 aliphatic carbocycles. The average molecular weight is 356 g/mol. The summed E-state index contributed by atoms with van der Waals surface area (Å²) >= 11 is 0. The number of hydrogen-bond donors (Lipinski definition) is 4. The van der Waals surface area contributed by atoms with Gasteiger partial charge in [0.05, 0.1) is 18.1 Å². The molecule has 0 bridgehead atoms. The van der Waals surface area contributed by atoms with E-state index in [1.165, 1.54) is 12.3 Å². The Morgan fingerprint density at radius 3 is 2.68 bits per heavy atom. The summed E-state index contributed by atoms with van der Waals surface area (Å²) in [6, 6.07) is 0. The van der Waals surface area contributed by atoms with Crippen molar-refractivity contribution >= 4 is 5.97 Å². The molecule has 3 heterocycles. The van der Waals surface area contributed by atoms with Crippen molar-refractivity contribution in [3.8, 4) is 0 Å². The molecular weight excluding hydrogens is 336 g/mol. The lowest BCUT2D eigenvalue weighted by atomic mass is 9.89. The largest absolute Gasteiger partial charge is 0.471 e. The van der Waals surface area contributed by atoms with Crippen LogP contribution < -0.4 is 0 Å². The first-order chi connectivity index (χ1) is 12.0. The second kappa shape index (κ2) is 7.24. The highest BCUT2D eigenvalue weighted by Crippen LogP contribution is 2.35. The van der Waals surface area contributed by atoms with Gasteiger partial charge in [0.15, 0.2) is 6.29 Å². The number of carbonyl (C=O) groups excluding carboxylic acids is 1. The van der Waals surface area contributed by atoms with Crippen LogP contribution in [0, 0.1) is 5.92 Å². The zero-order valence-electron chi connectivity index (χ0n) is 13.2. The Kier molecular flexibility index (Phi) is 5.23. The smallest absolute Gasteiger partial charge is 0.341 e. The number of ether oxygens (including phenoxy) is 4. The lowest BCUT2D eigenvalue weighted by Crippen LogP contribution is -2.60. The van der Waals surface area contributed by atoms with Gasteiger partial charge in [0.25, 0.3) is 0 Å². The number of fused-ring (bicyclic) bond motifs is 1. The van der Waals surface area contributed by atoms with Crippen molar-refractivity contribution < 1.29 is 44.2 Å². The lowest BCUT2D eigenvalue weighted by Gasteiger charge is -2.42. The highest BCUT2D eigenvalue weighted by molar-refractivity contribution is 5.94. The summed E-state index contributed by atoms with van der Waals surface area (Å²) in [5.41, 5.74) is 0.872. The van der Waals surface area contributed by atoms with Crippen molar-refractivity contribution in [2.45, 2.75) is 37.0 Å². The first kappa shape index (κ1) is 18.1. The zero-order chi connectivity index (χ0) is 18.1. The second-order valence-electron chi connectivity index (χ2n) is 5.89. The predicted molar refractivity (Wildman–Crippen MR) is 80.5 cm³/mol. The molecule has 9 heteroatoms. The van der Waals surface area contributed by atoms with Crippen molar-refractivity contribution in [3.05, 3.63) is 36.1 Å². The number of aliphatic hydroxyl groups is 4. The van der Waals surface area contributed by atoms with Crippen LogP contribution in [-0.2, 0) is 23.7 Å². The van der Waals surface area contributed by atoms with Crippen molar-refractivity contribution in [1.29, 1.82) is 0 Å². The maximum Gasteiger partial charge on any atom is 0.341 e. The van der Waals surface area contributed by atoms with E-state index in [4.69, 9.17) is 18.9 Å². The minimum atomic E-state index is -1.56. The number of esters is 1. The zero-order valence-corrected chi connectivity index (χ0v) is 13.2. The Balaban J connectivity index is 1.78. The van der Waals surface area contributed by atoms with E-state index in [0.717, 1.165) is 0 Å². The van der Waals surface area contributed by atoms with Crippen molar-refractivity contribution in [1.82, 2.24) is 0 Å². The van der Waals surface area contributed by atoms with Crippen LogP contribution in [-0.4, -0.2) is 76.6 Å². The Hall–Kier alpha value is -1.75. The molecule has 3 aliphatic rings. The number of rotatable bonds is 4. The van der Waals surface area contributed by atoms with Gasteiger partial charge in [-0.25, -0.2) is 4.79 Å². The van der Waals surface area contributed by atoms with Crippen LogP contribution in [0.2, 0.25) is 0 Å². The lowest BCUT2D eigenvalue weighted by molar-refractivity contribution is -0.336. The second-order valence-corrected chi connectivity index (χ2v) is 5.89. The summed E-state index contributed by atoms with van der Waals surface area (Å²) in [6.45, 7) is 3.25. The molecule has 3 aliphatic heterocycles. The SMILES string of the molecule is C=C[C@H]1C2=CCOC(=O)C2=CO[C@H]1O[C@@H]1O[C@H](CO)[C@@H](O)[C@H](O)[C@H]1O. The topological polar surface area (TPSA) is 135 Å². The van der Waals surface area contributed by atoms with Crippen LogP contribution in [0.5, 0.6) is 0 Å². The molecule has 25 heavy (non-hydrogen) atoms. The van der Waals surface area contributed by atoms with Gasteiger partial charge in [-0.15, -0.1) is 6.58 Å². The summed E-state index contributed by atoms with van der Waals surface area (Å²) in [4.78, 5) is 11.8. The fraction of sp³-hybridized carbons (Fsp3) is 0.562. The van der Waals surface area contributed by atoms with Gasteiger partial charge >= 0.3 is 5.97 Å². The van der Waals surface area contributed by atoms with Gasteiger partial charge in [-0.05, 0) is 11.6 Å². The summed E-state index contributed by atoms with van der Waals surface area (Å²) in [6.07, 6.45) is -3.61. The van der Waals surface area contributed by atoms with E-state index < -0.39 is 55.5 Å². The maximum atomic E-state index is 11.8. The van der Waals surface area contributed by atoms with E-state index in [2.05, 4.69) is 6.58 Å². The Labute approximate surface area is 143 Å². The normalized spacial score (nSPS) is 41.0. The molecule has 1 fully saturated rings. The van der Waals surface area contributed by atoms with Crippen LogP contribution in [0.1, 0.15) is 0 Å². The maximum absolute atomic E-state index is 11.8. The minimum absolute atomic E-state index is 0.114. The summed E-state index contributed by atoms with van der Waals surface area (Å²) in [5, 5.41) is 38.9. The molecule has 9 nitrogen and oxygen atoms in total. The summed E-state index contributed by atoms with van der Waals surface area (Å²) in [5.74, 6) is -1.06. The Bertz CT molecular complexity index is 596. The monoisotopic (exact) mass is 356 g/mol. The summed E-state index contributed by atoms with van der Waals surface area (Å²) in [7, 11) is 0. The van der Waals surface area contributed by atoms with Crippen LogP contribution in [0.25, 0.3) is 0 Å². The first-order valence-corrected chi connectivity index (χ1v) is 7.79. The van der Waals surface area contributed by atoms with E-state index in [-0.39, 0.29) is 12.2 Å². The highest BCUT2D eigenvalue weighted by Gasteiger charge is 2.46. The van der Waals surface area contributed by atoms with Gasteiger partial charge in [-0.3, -0.25) is 0 Å². The number of hydrogen-bond acceptors (Lipinski definition) is 9. The molecule has 0 aromatic heterocycles. The van der Waals surface area contributed by atoms with Crippen LogP contribution in [0.15, 0.2) is 36.1 Å².